The van der Waals surface area contributed by atoms with Crippen LogP contribution in [0.25, 0.3) is 0 Å². The fourth-order valence-electron chi connectivity index (χ4n) is 1.23. The van der Waals surface area contributed by atoms with Gasteiger partial charge in [-0.2, -0.15) is 0 Å². The van der Waals surface area contributed by atoms with E-state index in [2.05, 4.69) is 5.92 Å². The molecule has 0 saturated heterocycles. The molecule has 1 rings (SSSR count). The fraction of sp³-hybridized carbons (Fsp3) is 0.273. The largest absolute Gasteiger partial charge is 0.246 e. The Hall–Kier alpha value is -1.43. The summed E-state index contributed by atoms with van der Waals surface area (Å²) in [5.41, 5.74) is 0.881. The summed E-state index contributed by atoms with van der Waals surface area (Å²) in [5, 5.41) is 0. The number of benzene rings is 1. The minimum atomic E-state index is -0.808. The summed E-state index contributed by atoms with van der Waals surface area (Å²) in [7, 11) is 0. The molecule has 0 aliphatic heterocycles. The van der Waals surface area contributed by atoms with Crippen molar-refractivity contribution in [2.24, 2.45) is 0 Å². The maximum absolute atomic E-state index is 12.4. The van der Waals surface area contributed by atoms with Gasteiger partial charge in [-0.15, -0.1) is 6.42 Å². The van der Waals surface area contributed by atoms with Gasteiger partial charge in [0.05, 0.1) is 0 Å². The molecule has 0 spiro atoms. The van der Waals surface area contributed by atoms with E-state index in [1.165, 1.54) is 12.1 Å². The van der Waals surface area contributed by atoms with Gasteiger partial charge in [-0.25, -0.2) is 13.2 Å². The van der Waals surface area contributed by atoms with Gasteiger partial charge in [-0.3, -0.25) is 0 Å². The van der Waals surface area contributed by atoms with Crippen molar-refractivity contribution in [3.05, 3.63) is 34.4 Å². The van der Waals surface area contributed by atoms with E-state index >= 15 is 0 Å². The molecule has 0 radical (unpaired) electrons. The Morgan fingerprint density at radius 1 is 0.929 bits per heavy atom. The Bertz CT molecular complexity index is 364. The van der Waals surface area contributed by atoms with E-state index in [4.69, 9.17) is 6.42 Å². The van der Waals surface area contributed by atoms with Crippen LogP contribution in [0.4, 0.5) is 13.2 Å². The van der Waals surface area contributed by atoms with Crippen LogP contribution in [0.15, 0.2) is 12.1 Å². The Morgan fingerprint density at radius 3 is 1.86 bits per heavy atom. The van der Waals surface area contributed by atoms with E-state index in [9.17, 15) is 13.2 Å². The third-order valence-corrected chi connectivity index (χ3v) is 2.01. The minimum Gasteiger partial charge on any atom is -0.246 e. The summed E-state index contributed by atoms with van der Waals surface area (Å²) >= 11 is 0. The first-order chi connectivity index (χ1) is 6.76. The molecule has 74 valence electrons. The van der Waals surface area contributed by atoms with E-state index in [1.54, 1.807) is 0 Å². The van der Waals surface area contributed by atoms with Gasteiger partial charge < -0.3 is 0 Å². The molecule has 0 saturated carbocycles. The molecule has 0 aromatic heterocycles. The predicted molar refractivity (Wildman–Crippen MR) is 48.8 cm³/mol. The van der Waals surface area contributed by atoms with Crippen molar-refractivity contribution in [1.29, 1.82) is 0 Å². The topological polar surface area (TPSA) is 0 Å². The van der Waals surface area contributed by atoms with Crippen LogP contribution in [0.5, 0.6) is 0 Å². The number of rotatable bonds is 3. The minimum absolute atomic E-state index is 0.166. The molecule has 0 aliphatic carbocycles. The van der Waals surface area contributed by atoms with Crippen molar-refractivity contribution >= 4 is 0 Å². The van der Waals surface area contributed by atoms with E-state index < -0.39 is 20.0 Å². The van der Waals surface area contributed by atoms with Crippen LogP contribution in [0, 0.1) is 12.3 Å². The Morgan fingerprint density at radius 2 is 1.43 bits per heavy atom. The highest BCUT2D eigenvalue weighted by Gasteiger charge is 2.08. The van der Waals surface area contributed by atoms with Gasteiger partial charge in [0.15, 0.2) is 0 Å². The van der Waals surface area contributed by atoms with E-state index in [0.29, 0.717) is 0 Å². The lowest BCUT2D eigenvalue weighted by atomic mass is 10.0. The third kappa shape index (κ3) is 1.90. The van der Waals surface area contributed by atoms with Crippen LogP contribution < -0.4 is 0 Å². The van der Waals surface area contributed by atoms with Crippen LogP contribution in [0.2, 0.25) is 0 Å². The molecule has 1 aromatic rings. The first-order valence-electron chi connectivity index (χ1n) is 4.06. The Kier molecular flexibility index (Phi) is 3.58. The molecular weight excluding hydrogens is 189 g/mol. The van der Waals surface area contributed by atoms with Gasteiger partial charge in [0.1, 0.15) is 20.0 Å². The summed E-state index contributed by atoms with van der Waals surface area (Å²) in [5.74, 6) is 2.24. The van der Waals surface area contributed by atoms with E-state index in [1.807, 2.05) is 0 Å². The van der Waals surface area contributed by atoms with Gasteiger partial charge in [0, 0.05) is 5.56 Å². The SMILES string of the molecule is C#Cc1cc(CF)c(CF)cc1CF. The molecule has 1 aromatic carbocycles. The maximum Gasteiger partial charge on any atom is 0.116 e. The highest BCUT2D eigenvalue weighted by molar-refractivity contribution is 5.45. The number of alkyl halides is 3. The molecule has 0 bridgehead atoms. The van der Waals surface area contributed by atoms with Crippen molar-refractivity contribution in [1.82, 2.24) is 0 Å². The molecule has 14 heavy (non-hydrogen) atoms. The van der Waals surface area contributed by atoms with Gasteiger partial charge in [0.25, 0.3) is 0 Å². The smallest absolute Gasteiger partial charge is 0.116 e. The molecular formula is C11H9F3. The van der Waals surface area contributed by atoms with Gasteiger partial charge in [-0.05, 0) is 28.8 Å². The standard InChI is InChI=1S/C11H9F3/c1-2-8-3-10(6-13)11(7-14)4-9(8)5-12/h1,3-4H,5-7H2. The summed E-state index contributed by atoms with van der Waals surface area (Å²) in [6.45, 7) is -2.36. The molecule has 0 aliphatic rings. The lowest BCUT2D eigenvalue weighted by Crippen LogP contribution is -1.96. The second-order valence-electron chi connectivity index (χ2n) is 2.82. The van der Waals surface area contributed by atoms with Crippen molar-refractivity contribution in [2.75, 3.05) is 0 Å². The second kappa shape index (κ2) is 4.71. The van der Waals surface area contributed by atoms with Crippen LogP contribution in [0.3, 0.4) is 0 Å². The molecule has 0 atom stereocenters. The second-order valence-corrected chi connectivity index (χ2v) is 2.82. The van der Waals surface area contributed by atoms with Crippen LogP contribution >= 0.6 is 0 Å². The lowest BCUT2D eigenvalue weighted by molar-refractivity contribution is 0.450. The molecule has 3 heteroatoms. The van der Waals surface area contributed by atoms with Gasteiger partial charge in [0.2, 0.25) is 0 Å². The Balaban J connectivity index is 3.30. The summed E-state index contributed by atoms with van der Waals surface area (Å²) < 4.78 is 37.2. The summed E-state index contributed by atoms with van der Waals surface area (Å²) in [6, 6.07) is 2.61. The zero-order chi connectivity index (χ0) is 10.6. The lowest BCUT2D eigenvalue weighted by Gasteiger charge is -2.07. The average Bonchev–Trinajstić information content (AvgIpc) is 2.26. The molecule has 0 heterocycles. The predicted octanol–water partition coefficient (Wildman–Crippen LogP) is 3.08. The van der Waals surface area contributed by atoms with E-state index in [-0.39, 0.29) is 22.3 Å². The molecule has 0 unspecified atom stereocenters. The molecule has 0 nitrogen and oxygen atoms in total. The molecule has 0 N–H and O–H groups in total. The Labute approximate surface area is 80.8 Å². The number of hydrogen-bond acceptors (Lipinski definition) is 0. The highest BCUT2D eigenvalue weighted by Crippen LogP contribution is 2.19. The van der Waals surface area contributed by atoms with Gasteiger partial charge >= 0.3 is 0 Å². The van der Waals surface area contributed by atoms with Crippen molar-refractivity contribution < 1.29 is 13.2 Å². The zero-order valence-corrected chi connectivity index (χ0v) is 7.49. The molecule has 0 amide bonds. The summed E-state index contributed by atoms with van der Waals surface area (Å²) in [6.07, 6.45) is 5.11. The van der Waals surface area contributed by atoms with Crippen molar-refractivity contribution in [3.8, 4) is 12.3 Å². The zero-order valence-electron chi connectivity index (χ0n) is 7.49. The molecule has 0 fully saturated rings. The number of hydrogen-bond donors (Lipinski definition) is 0. The van der Waals surface area contributed by atoms with Crippen molar-refractivity contribution in [3.63, 3.8) is 0 Å². The summed E-state index contributed by atoms with van der Waals surface area (Å²) in [4.78, 5) is 0. The number of terminal acetylenes is 1. The monoisotopic (exact) mass is 198 g/mol. The van der Waals surface area contributed by atoms with Crippen LogP contribution in [-0.2, 0) is 20.0 Å². The first-order valence-corrected chi connectivity index (χ1v) is 4.06. The normalized spacial score (nSPS) is 9.86. The average molecular weight is 198 g/mol. The quantitative estimate of drug-likeness (QED) is 0.655. The van der Waals surface area contributed by atoms with Crippen molar-refractivity contribution in [2.45, 2.75) is 20.0 Å². The number of halogens is 3. The van der Waals surface area contributed by atoms with E-state index in [0.717, 1.165) is 0 Å². The van der Waals surface area contributed by atoms with Gasteiger partial charge in [-0.1, -0.05) is 5.92 Å². The van der Waals surface area contributed by atoms with Crippen LogP contribution in [-0.4, -0.2) is 0 Å². The third-order valence-electron chi connectivity index (χ3n) is 2.01. The highest BCUT2D eigenvalue weighted by atomic mass is 19.1. The van der Waals surface area contributed by atoms with Crippen LogP contribution in [0.1, 0.15) is 22.3 Å². The maximum atomic E-state index is 12.4. The fourth-order valence-corrected chi connectivity index (χ4v) is 1.23. The first kappa shape index (κ1) is 10.6.